The Morgan fingerprint density at radius 2 is 0.982 bits per heavy atom. The van der Waals surface area contributed by atoms with E-state index in [0.29, 0.717) is 34.6 Å². The van der Waals surface area contributed by atoms with Gasteiger partial charge in [0.2, 0.25) is 6.71 Å². The zero-order valence-corrected chi connectivity index (χ0v) is 35.8. The summed E-state index contributed by atoms with van der Waals surface area (Å²) in [4.78, 5) is 18.9. The topological polar surface area (TPSA) is 70.0 Å². The summed E-state index contributed by atoms with van der Waals surface area (Å²) in [5.74, 6) is 3.23. The van der Waals surface area contributed by atoms with Gasteiger partial charge in [-0.1, -0.05) is 101 Å². The van der Waals surface area contributed by atoms with Crippen molar-refractivity contribution in [2.75, 3.05) is 0 Å². The van der Waals surface area contributed by atoms with E-state index in [2.05, 4.69) is 100 Å². The van der Waals surface area contributed by atoms with Gasteiger partial charge in [-0.3, -0.25) is 9.97 Å². The van der Waals surface area contributed by atoms with Crippen molar-refractivity contribution < 1.29 is 51.0 Å². The van der Waals surface area contributed by atoms with Crippen molar-refractivity contribution in [3.63, 3.8) is 0 Å². The number of nitrogens with zero attached hydrogens (tertiary/aromatic N) is 4. The van der Waals surface area contributed by atoms with Crippen molar-refractivity contribution >= 4 is 23.4 Å². The molecule has 0 saturated carbocycles. The van der Waals surface area contributed by atoms with Gasteiger partial charge in [0.15, 0.2) is 0 Å². The van der Waals surface area contributed by atoms with Gasteiger partial charge >= 0.3 is 41.5 Å². The monoisotopic (exact) mass is 1000 g/mol. The van der Waals surface area contributed by atoms with Crippen molar-refractivity contribution in [3.8, 4) is 56.6 Å². The van der Waals surface area contributed by atoms with Gasteiger partial charge < -0.3 is 19.4 Å². The van der Waals surface area contributed by atoms with Gasteiger partial charge in [0, 0.05) is 47.8 Å². The summed E-state index contributed by atoms with van der Waals surface area (Å²) < 4.78 is 13.3. The van der Waals surface area contributed by atoms with Crippen molar-refractivity contribution in [2.45, 2.75) is 59.3 Å². The summed E-state index contributed by atoms with van der Waals surface area (Å²) in [6.45, 7) is 12.6. The molecule has 0 unspecified atom stereocenters. The van der Waals surface area contributed by atoms with E-state index >= 15 is 0 Å². The summed E-state index contributed by atoms with van der Waals surface area (Å²) in [6.07, 6.45) is 7.42. The van der Waals surface area contributed by atoms with Crippen LogP contribution in [0, 0.1) is 24.3 Å². The Bertz CT molecular complexity index is 2300. The van der Waals surface area contributed by atoms with Crippen molar-refractivity contribution in [2.24, 2.45) is 0 Å². The predicted octanol–water partition coefficient (Wildman–Crippen LogP) is 9.25. The minimum Gasteiger partial charge on any atom is -0.503 e. The zero-order chi connectivity index (χ0) is 37.3. The number of aromatic nitrogens is 4. The molecule has 0 aliphatic carbocycles. The fourth-order valence-corrected chi connectivity index (χ4v) is 6.83. The van der Waals surface area contributed by atoms with Crippen LogP contribution in [-0.2, 0) is 41.5 Å². The molecule has 0 N–H and O–H groups in total. The molecule has 0 saturated heterocycles. The van der Waals surface area contributed by atoms with E-state index in [4.69, 9.17) is 19.4 Å². The number of hydrogen-bond donors (Lipinski definition) is 0. The first-order valence-electron chi connectivity index (χ1n) is 18.5. The maximum Gasteiger partial charge on any atom is 2.00 e. The third-order valence-corrected chi connectivity index (χ3v) is 9.81. The van der Waals surface area contributed by atoms with Gasteiger partial charge in [0.25, 0.3) is 0 Å². The molecule has 0 radical (unpaired) electrons. The molecule has 8 rings (SSSR count). The van der Waals surface area contributed by atoms with Crippen LogP contribution in [0.25, 0.3) is 33.6 Å². The number of rotatable bonds is 10. The van der Waals surface area contributed by atoms with Crippen molar-refractivity contribution in [1.29, 1.82) is 0 Å². The smallest absolute Gasteiger partial charge is 0.503 e. The SMILES string of the molecule is CC(C)c1cnc(B2c3[c-]c(Oc4[c-]c(-c5ccccn5)ccc4C(C)C)ccc3-c3ccc(Oc4[c-]c(-c5ccccn5)ccc4C(C)C)[c-]c32)nc1.[Pd+2].[Pt+2]. The minimum atomic E-state index is -0.342. The van der Waals surface area contributed by atoms with Crippen molar-refractivity contribution in [1.82, 2.24) is 19.9 Å². The average Bonchev–Trinajstić information content (AvgIpc) is 3.51. The fourth-order valence-electron chi connectivity index (χ4n) is 6.83. The molecule has 3 aromatic heterocycles. The third-order valence-electron chi connectivity index (χ3n) is 9.81. The van der Waals surface area contributed by atoms with E-state index < -0.39 is 0 Å². The van der Waals surface area contributed by atoms with Gasteiger partial charge in [-0.15, -0.1) is 59.7 Å². The van der Waals surface area contributed by atoms with Crippen LogP contribution in [-0.4, -0.2) is 26.6 Å². The fraction of sp³-hybridized carbons (Fsp3) is 0.191. The molecule has 1 aliphatic rings. The van der Waals surface area contributed by atoms with E-state index in [1.165, 1.54) is 0 Å². The Labute approximate surface area is 358 Å². The molecule has 1 aliphatic heterocycles. The first-order valence-corrected chi connectivity index (χ1v) is 18.5. The second kappa shape index (κ2) is 17.6. The Morgan fingerprint density at radius 1 is 0.518 bits per heavy atom. The quantitative estimate of drug-likeness (QED) is 0.101. The third kappa shape index (κ3) is 8.35. The second-order valence-corrected chi connectivity index (χ2v) is 14.5. The van der Waals surface area contributed by atoms with Crippen LogP contribution >= 0.6 is 0 Å². The zero-order valence-electron chi connectivity index (χ0n) is 31.9. The molecule has 0 bridgehead atoms. The van der Waals surface area contributed by atoms with Gasteiger partial charge in [-0.05, 0) is 35.0 Å². The van der Waals surface area contributed by atoms with Crippen molar-refractivity contribution in [3.05, 3.63) is 151 Å². The Balaban J connectivity index is 0.00000266. The Morgan fingerprint density at radius 3 is 1.38 bits per heavy atom. The standard InChI is InChI=1S/C47H39BN4O2.Pd.Pt/c1-29(2)34-27-51-47(52-28-34)48-41-25-35(53-45-23-32(13-17-37(45)30(3)4)43-11-7-9-21-49-43)15-19-39(41)40-20-16-36(26-42(40)48)54-46-24-33(14-18-38(46)31(5)6)44-12-8-10-22-50-44;;/h7-22,27-31H,1-6H3;;/q-4;2*+2. The van der Waals surface area contributed by atoms with E-state index in [9.17, 15) is 0 Å². The van der Waals surface area contributed by atoms with E-state index in [0.717, 1.165) is 61.3 Å². The molecular weight excluding hydrogens is 965 g/mol. The molecular formula is C47H39BN4O2PdPt. The maximum absolute atomic E-state index is 6.65. The van der Waals surface area contributed by atoms with Crippen LogP contribution in [0.15, 0.2) is 110 Å². The predicted molar refractivity (Wildman–Crippen MR) is 216 cm³/mol. The molecule has 6 nitrogen and oxygen atoms in total. The van der Waals surface area contributed by atoms with Gasteiger partial charge in [-0.25, -0.2) is 0 Å². The van der Waals surface area contributed by atoms with E-state index in [-0.39, 0.29) is 60.0 Å². The van der Waals surface area contributed by atoms with Gasteiger partial charge in [0.05, 0.1) is 5.72 Å². The molecule has 4 aromatic carbocycles. The molecule has 56 heavy (non-hydrogen) atoms. The van der Waals surface area contributed by atoms with Crippen LogP contribution in [0.2, 0.25) is 0 Å². The van der Waals surface area contributed by atoms with Crippen LogP contribution in [0.1, 0.15) is 76.0 Å². The Hall–Kier alpha value is -4.72. The number of fused-ring (bicyclic) bond motifs is 3. The summed E-state index contributed by atoms with van der Waals surface area (Å²) in [5, 5.41) is 0. The minimum absolute atomic E-state index is 0. The van der Waals surface area contributed by atoms with Crippen LogP contribution in [0.4, 0.5) is 0 Å². The summed E-state index contributed by atoms with van der Waals surface area (Å²) in [6, 6.07) is 42.4. The molecule has 0 spiro atoms. The largest absolute Gasteiger partial charge is 2.00 e. The maximum atomic E-state index is 6.65. The summed E-state index contributed by atoms with van der Waals surface area (Å²) in [5.41, 5.74) is 11.2. The first-order chi connectivity index (χ1) is 26.2. The molecule has 9 heteroatoms. The molecule has 0 fully saturated rings. The first kappa shape index (κ1) is 40.9. The molecule has 0 atom stereocenters. The normalized spacial score (nSPS) is 11.6. The number of benzene rings is 4. The van der Waals surface area contributed by atoms with E-state index in [1.807, 2.05) is 73.1 Å². The number of ether oxygens (including phenoxy) is 2. The van der Waals surface area contributed by atoms with E-state index in [1.54, 1.807) is 12.4 Å². The molecule has 4 heterocycles. The molecule has 282 valence electrons. The van der Waals surface area contributed by atoms with Crippen LogP contribution in [0.5, 0.6) is 23.0 Å². The Kier molecular flexibility index (Phi) is 12.9. The second-order valence-electron chi connectivity index (χ2n) is 14.5. The van der Waals surface area contributed by atoms with Gasteiger partial charge in [0.1, 0.15) is 0 Å². The number of hydrogen-bond acceptors (Lipinski definition) is 6. The molecule has 7 aromatic rings. The average molecular weight is 1000 g/mol. The number of pyridine rings is 2. The van der Waals surface area contributed by atoms with Crippen LogP contribution < -0.4 is 26.1 Å². The van der Waals surface area contributed by atoms with Gasteiger partial charge in [-0.2, -0.15) is 34.2 Å². The summed E-state index contributed by atoms with van der Waals surface area (Å²) in [7, 11) is 0. The van der Waals surface area contributed by atoms with Crippen LogP contribution in [0.3, 0.4) is 0 Å². The summed E-state index contributed by atoms with van der Waals surface area (Å²) >= 11 is 0. The molecule has 0 amide bonds.